The number of hydrogen-bond donors (Lipinski definition) is 0. The van der Waals surface area contributed by atoms with Crippen LogP contribution in [0.3, 0.4) is 0 Å². The molecule has 1 aliphatic rings. The largest absolute Gasteiger partial charge is 0.489 e. The summed E-state index contributed by atoms with van der Waals surface area (Å²) in [5.74, 6) is -0.248. The van der Waals surface area contributed by atoms with Crippen LogP contribution in [0.1, 0.15) is 50.6 Å². The Labute approximate surface area is 244 Å². The number of rotatable bonds is 7. The summed E-state index contributed by atoms with van der Waals surface area (Å²) in [6, 6.07) is 28.1. The van der Waals surface area contributed by atoms with Crippen molar-refractivity contribution < 1.29 is 23.5 Å². The third-order valence-electron chi connectivity index (χ3n) is 6.93. The first-order valence-electron chi connectivity index (χ1n) is 13.1. The normalized spacial score (nSPS) is 14.2. The summed E-state index contributed by atoms with van der Waals surface area (Å²) in [6.45, 7) is 2.40. The molecule has 6 rings (SSSR count). The first-order valence-corrected chi connectivity index (χ1v) is 13.9. The van der Waals surface area contributed by atoms with Crippen LogP contribution in [-0.2, 0) is 11.3 Å². The molecule has 0 spiro atoms. The molecule has 1 unspecified atom stereocenters. The van der Waals surface area contributed by atoms with E-state index in [1.807, 2.05) is 54.6 Å². The van der Waals surface area contributed by atoms with Gasteiger partial charge >= 0.3 is 5.97 Å². The molecule has 1 aliphatic heterocycles. The van der Waals surface area contributed by atoms with E-state index in [4.69, 9.17) is 13.9 Å². The van der Waals surface area contributed by atoms with Crippen molar-refractivity contribution in [3.63, 3.8) is 0 Å². The number of amides is 1. The first kappa shape index (κ1) is 26.5. The van der Waals surface area contributed by atoms with Crippen LogP contribution in [0.25, 0.3) is 11.0 Å². The lowest BCUT2D eigenvalue weighted by atomic mass is 9.98. The summed E-state index contributed by atoms with van der Waals surface area (Å²) < 4.78 is 17.8. The van der Waals surface area contributed by atoms with Crippen LogP contribution >= 0.6 is 15.9 Å². The van der Waals surface area contributed by atoms with Crippen molar-refractivity contribution in [2.45, 2.75) is 19.6 Å². The minimum atomic E-state index is -0.756. The lowest BCUT2D eigenvalue weighted by Gasteiger charge is -2.25. The van der Waals surface area contributed by atoms with Gasteiger partial charge in [-0.3, -0.25) is 14.5 Å². The van der Waals surface area contributed by atoms with E-state index in [2.05, 4.69) is 15.9 Å². The Hall–Kier alpha value is -4.69. The van der Waals surface area contributed by atoms with Crippen molar-refractivity contribution in [1.29, 1.82) is 0 Å². The standard InChI is InChI=1S/C33H24BrNO6/c1-2-39-33(38)22-8-13-24(14-9-22)35-29(21-10-15-25(16-11-21)40-19-20-6-4-3-5-7-20)28-30(36)26-18-23(34)12-17-27(26)41-31(28)32(35)37/h3-18,29H,2,19H2,1H3. The maximum Gasteiger partial charge on any atom is 0.338 e. The third kappa shape index (κ3) is 5.02. The third-order valence-corrected chi connectivity index (χ3v) is 7.43. The number of carbonyl (C=O) groups excluding carboxylic acids is 2. The van der Waals surface area contributed by atoms with Crippen molar-refractivity contribution in [2.24, 2.45) is 0 Å². The molecule has 0 radical (unpaired) electrons. The van der Waals surface area contributed by atoms with Gasteiger partial charge in [0.15, 0.2) is 5.43 Å². The number of carbonyl (C=O) groups is 2. The summed E-state index contributed by atoms with van der Waals surface area (Å²) in [5, 5.41) is 0.373. The van der Waals surface area contributed by atoms with E-state index in [1.54, 1.807) is 49.4 Å². The van der Waals surface area contributed by atoms with Gasteiger partial charge in [0, 0.05) is 10.2 Å². The lowest BCUT2D eigenvalue weighted by Crippen LogP contribution is -2.29. The van der Waals surface area contributed by atoms with Crippen molar-refractivity contribution >= 4 is 44.5 Å². The van der Waals surface area contributed by atoms with Crippen LogP contribution in [0, 0.1) is 0 Å². The maximum absolute atomic E-state index is 13.9. The van der Waals surface area contributed by atoms with Crippen LogP contribution < -0.4 is 15.1 Å². The molecule has 1 amide bonds. The Balaban J connectivity index is 1.42. The topological polar surface area (TPSA) is 86.0 Å². The number of benzene rings is 4. The van der Waals surface area contributed by atoms with E-state index >= 15 is 0 Å². The van der Waals surface area contributed by atoms with Crippen molar-refractivity contribution in [1.82, 2.24) is 0 Å². The highest BCUT2D eigenvalue weighted by Gasteiger charge is 2.43. The number of ether oxygens (including phenoxy) is 2. The first-order chi connectivity index (χ1) is 19.9. The fraction of sp³-hybridized carbons (Fsp3) is 0.121. The summed E-state index contributed by atoms with van der Waals surface area (Å²) in [5.41, 5.74) is 2.92. The van der Waals surface area contributed by atoms with Crippen molar-refractivity contribution in [3.05, 3.63) is 140 Å². The molecule has 41 heavy (non-hydrogen) atoms. The van der Waals surface area contributed by atoms with Crippen LogP contribution in [0.4, 0.5) is 5.69 Å². The van der Waals surface area contributed by atoms with E-state index in [-0.39, 0.29) is 23.4 Å². The van der Waals surface area contributed by atoms with Crippen LogP contribution in [0.15, 0.2) is 111 Å². The highest BCUT2D eigenvalue weighted by atomic mass is 79.9. The lowest BCUT2D eigenvalue weighted by molar-refractivity contribution is 0.0526. The second kappa shape index (κ2) is 11.1. The summed E-state index contributed by atoms with van der Waals surface area (Å²) >= 11 is 3.43. The van der Waals surface area contributed by atoms with Gasteiger partial charge in [-0.05, 0) is 72.6 Å². The van der Waals surface area contributed by atoms with Crippen molar-refractivity contribution in [2.75, 3.05) is 11.5 Å². The van der Waals surface area contributed by atoms with Gasteiger partial charge in [-0.15, -0.1) is 0 Å². The zero-order valence-corrected chi connectivity index (χ0v) is 23.6. The quantitative estimate of drug-likeness (QED) is 0.184. The minimum absolute atomic E-state index is 0.00584. The molecule has 5 aromatic rings. The second-order valence-corrected chi connectivity index (χ2v) is 10.4. The number of halogens is 1. The number of anilines is 1. The van der Waals surface area contributed by atoms with Gasteiger partial charge in [-0.25, -0.2) is 4.79 Å². The molecule has 0 bridgehead atoms. The molecule has 0 saturated carbocycles. The maximum atomic E-state index is 13.9. The van der Waals surface area contributed by atoms with E-state index < -0.39 is 17.9 Å². The van der Waals surface area contributed by atoms with Crippen LogP contribution in [0.2, 0.25) is 0 Å². The Morgan fingerprint density at radius 2 is 1.66 bits per heavy atom. The van der Waals surface area contributed by atoms with Gasteiger partial charge in [0.1, 0.15) is 17.9 Å². The molecule has 0 saturated heterocycles. The molecular weight excluding hydrogens is 586 g/mol. The SMILES string of the molecule is CCOC(=O)c1ccc(N2C(=O)c3oc4ccc(Br)cc4c(=O)c3C2c2ccc(OCc3ccccc3)cc2)cc1. The monoisotopic (exact) mass is 609 g/mol. The van der Waals surface area contributed by atoms with Crippen molar-refractivity contribution in [3.8, 4) is 5.75 Å². The average Bonchev–Trinajstić information content (AvgIpc) is 3.29. The molecular formula is C33H24BrNO6. The number of fused-ring (bicyclic) bond motifs is 2. The molecule has 7 nitrogen and oxygen atoms in total. The predicted molar refractivity (Wildman–Crippen MR) is 158 cm³/mol. The van der Waals surface area contributed by atoms with Crippen LogP contribution in [0.5, 0.6) is 5.75 Å². The Kier molecular flexibility index (Phi) is 7.15. The highest BCUT2D eigenvalue weighted by Crippen LogP contribution is 2.41. The molecule has 0 aliphatic carbocycles. The van der Waals surface area contributed by atoms with Gasteiger partial charge in [-0.1, -0.05) is 58.4 Å². The van der Waals surface area contributed by atoms with E-state index in [0.717, 1.165) is 10.0 Å². The second-order valence-electron chi connectivity index (χ2n) is 9.50. The van der Waals surface area contributed by atoms with E-state index in [9.17, 15) is 14.4 Å². The number of esters is 1. The molecule has 204 valence electrons. The molecule has 1 aromatic heterocycles. The Morgan fingerprint density at radius 3 is 2.37 bits per heavy atom. The fourth-order valence-electron chi connectivity index (χ4n) is 4.99. The van der Waals surface area contributed by atoms with E-state index in [0.29, 0.717) is 40.1 Å². The number of nitrogens with zero attached hydrogens (tertiary/aromatic N) is 1. The predicted octanol–water partition coefficient (Wildman–Crippen LogP) is 7.06. The molecule has 4 aromatic carbocycles. The van der Waals surface area contributed by atoms with Gasteiger partial charge in [0.25, 0.3) is 5.91 Å². The summed E-state index contributed by atoms with van der Waals surface area (Å²) in [6.07, 6.45) is 0. The van der Waals surface area contributed by atoms with Gasteiger partial charge < -0.3 is 13.9 Å². The smallest absolute Gasteiger partial charge is 0.338 e. The zero-order valence-electron chi connectivity index (χ0n) is 22.0. The van der Waals surface area contributed by atoms with Crippen LogP contribution in [-0.4, -0.2) is 18.5 Å². The fourth-order valence-corrected chi connectivity index (χ4v) is 5.35. The van der Waals surface area contributed by atoms with Gasteiger partial charge in [-0.2, -0.15) is 0 Å². The molecule has 0 N–H and O–H groups in total. The van der Waals surface area contributed by atoms with E-state index in [1.165, 1.54) is 4.90 Å². The highest BCUT2D eigenvalue weighted by molar-refractivity contribution is 9.10. The average molecular weight is 610 g/mol. The Morgan fingerprint density at radius 1 is 0.927 bits per heavy atom. The molecule has 1 atom stereocenters. The molecule has 8 heteroatoms. The summed E-state index contributed by atoms with van der Waals surface area (Å²) in [4.78, 5) is 41.5. The number of hydrogen-bond acceptors (Lipinski definition) is 6. The Bertz CT molecular complexity index is 1810. The van der Waals surface area contributed by atoms with Gasteiger partial charge in [0.05, 0.1) is 29.2 Å². The zero-order chi connectivity index (χ0) is 28.5. The minimum Gasteiger partial charge on any atom is -0.489 e. The van der Waals surface area contributed by atoms with Gasteiger partial charge in [0.2, 0.25) is 5.76 Å². The molecule has 2 heterocycles. The molecule has 0 fully saturated rings. The summed E-state index contributed by atoms with van der Waals surface area (Å²) in [7, 11) is 0.